The molecule has 1 saturated heterocycles. The fourth-order valence-corrected chi connectivity index (χ4v) is 4.84. The quantitative estimate of drug-likeness (QED) is 0.275. The number of halogens is 3. The lowest BCUT2D eigenvalue weighted by Gasteiger charge is -2.43. The molecule has 2 aliphatic rings. The molecule has 0 saturated carbocycles. The average Bonchev–Trinajstić information content (AvgIpc) is 3.29. The molecule has 2 aromatic carbocycles. The molecule has 0 spiro atoms. The highest BCUT2D eigenvalue weighted by molar-refractivity contribution is 5.99. The Morgan fingerprint density at radius 1 is 1.14 bits per heavy atom. The topological polar surface area (TPSA) is 47.4 Å². The first kappa shape index (κ1) is 23.0. The van der Waals surface area contributed by atoms with Crippen molar-refractivity contribution in [1.82, 2.24) is 14.5 Å². The Hall–Kier alpha value is -3.81. The average molecular weight is 480 g/mol. The van der Waals surface area contributed by atoms with Gasteiger partial charge in [0.15, 0.2) is 17.5 Å². The highest BCUT2D eigenvalue weighted by atomic mass is 19.2. The van der Waals surface area contributed by atoms with Gasteiger partial charge in [0.05, 0.1) is 30.9 Å². The molecule has 1 amide bonds. The number of carbonyl (C=O) groups is 1. The molecule has 0 radical (unpaired) electrons. The smallest absolute Gasteiger partial charge is 0.250 e. The van der Waals surface area contributed by atoms with Gasteiger partial charge >= 0.3 is 0 Å². The van der Waals surface area contributed by atoms with Crippen LogP contribution in [-0.2, 0) is 4.79 Å². The minimum atomic E-state index is -1.51. The van der Waals surface area contributed by atoms with E-state index in [2.05, 4.69) is 4.98 Å². The van der Waals surface area contributed by atoms with Gasteiger partial charge in [0.25, 0.3) is 5.91 Å². The number of amides is 1. The first-order valence-electron chi connectivity index (χ1n) is 11.4. The van der Waals surface area contributed by atoms with Gasteiger partial charge < -0.3 is 14.2 Å². The molecule has 8 heteroatoms. The number of methoxy groups -OCH3 is 1. The Labute approximate surface area is 201 Å². The van der Waals surface area contributed by atoms with E-state index < -0.39 is 23.5 Å². The molecule has 2 aliphatic heterocycles. The molecular formula is C27H24F3N3O2. The van der Waals surface area contributed by atoms with Gasteiger partial charge in [-0.2, -0.15) is 0 Å². The van der Waals surface area contributed by atoms with E-state index in [4.69, 9.17) is 4.74 Å². The van der Waals surface area contributed by atoms with E-state index in [-0.39, 0.29) is 17.5 Å². The molecule has 1 unspecified atom stereocenters. The van der Waals surface area contributed by atoms with Gasteiger partial charge in [-0.25, -0.2) is 18.2 Å². The zero-order chi connectivity index (χ0) is 24.7. The van der Waals surface area contributed by atoms with E-state index in [1.165, 1.54) is 0 Å². The summed E-state index contributed by atoms with van der Waals surface area (Å²) >= 11 is 0. The van der Waals surface area contributed by atoms with Gasteiger partial charge in [-0.15, -0.1) is 0 Å². The summed E-state index contributed by atoms with van der Waals surface area (Å²) in [6, 6.07) is 6.82. The van der Waals surface area contributed by atoms with Crippen molar-refractivity contribution in [2.75, 3.05) is 7.11 Å². The number of carbonyl (C=O) groups excluding carboxylic acids is 1. The summed E-state index contributed by atoms with van der Waals surface area (Å²) in [5.74, 6) is -3.62. The summed E-state index contributed by atoms with van der Waals surface area (Å²) in [6.07, 6.45) is 11.0. The van der Waals surface area contributed by atoms with Gasteiger partial charge in [0, 0.05) is 17.8 Å². The van der Waals surface area contributed by atoms with Crippen molar-refractivity contribution in [2.24, 2.45) is 0 Å². The van der Waals surface area contributed by atoms with E-state index >= 15 is 0 Å². The minimum absolute atomic E-state index is 0.0905. The summed E-state index contributed by atoms with van der Waals surface area (Å²) < 4.78 is 48.8. The second kappa shape index (κ2) is 9.09. The molecule has 0 N–H and O–H groups in total. The van der Waals surface area contributed by atoms with Gasteiger partial charge in [0.2, 0.25) is 0 Å². The molecule has 5 nitrogen and oxygen atoms in total. The van der Waals surface area contributed by atoms with Gasteiger partial charge in [-0.3, -0.25) is 4.79 Å². The van der Waals surface area contributed by atoms with Crippen LogP contribution >= 0.6 is 0 Å². The summed E-state index contributed by atoms with van der Waals surface area (Å²) in [6.45, 7) is 1.90. The molecule has 180 valence electrons. The number of imidazole rings is 1. The number of ether oxygens (including phenoxy) is 1. The number of benzene rings is 2. The van der Waals surface area contributed by atoms with Crippen LogP contribution in [0.15, 0.2) is 60.6 Å². The Morgan fingerprint density at radius 2 is 1.91 bits per heavy atom. The Balaban J connectivity index is 1.47. The van der Waals surface area contributed by atoms with Gasteiger partial charge in [0.1, 0.15) is 5.75 Å². The van der Waals surface area contributed by atoms with Crippen LogP contribution < -0.4 is 4.74 Å². The lowest BCUT2D eigenvalue weighted by molar-refractivity contribution is -0.133. The third-order valence-corrected chi connectivity index (χ3v) is 6.56. The maximum Gasteiger partial charge on any atom is 0.250 e. The van der Waals surface area contributed by atoms with Crippen LogP contribution in [0.25, 0.3) is 11.8 Å². The van der Waals surface area contributed by atoms with E-state index in [1.54, 1.807) is 24.4 Å². The molecule has 0 bridgehead atoms. The van der Waals surface area contributed by atoms with Crippen molar-refractivity contribution >= 4 is 12.0 Å². The molecule has 1 fully saturated rings. The van der Waals surface area contributed by atoms with Crippen molar-refractivity contribution in [3.05, 3.63) is 94.9 Å². The lowest BCUT2D eigenvalue weighted by Crippen LogP contribution is -2.47. The monoisotopic (exact) mass is 479 g/mol. The number of piperidine rings is 1. The fourth-order valence-electron chi connectivity index (χ4n) is 4.84. The molecule has 1 aromatic heterocycles. The van der Waals surface area contributed by atoms with Crippen molar-refractivity contribution in [1.29, 1.82) is 0 Å². The standard InChI is InChI=1S/C27H24F3N3O2/c1-16-14-32(15-31-16)24-9-6-17(11-25(24)35-2)10-18-7-8-20-4-3-5-23(33(20)27(18)34)19-12-21(28)26(30)22(29)13-19/h3,5-6,9-15,20,23H,4,7-8H2,1-2H3/t20-,23?/m0/s1. The van der Waals surface area contributed by atoms with E-state index in [0.29, 0.717) is 30.6 Å². The van der Waals surface area contributed by atoms with Crippen LogP contribution in [0.1, 0.15) is 42.1 Å². The van der Waals surface area contributed by atoms with Gasteiger partial charge in [-0.05, 0) is 67.7 Å². The molecular weight excluding hydrogens is 455 g/mol. The maximum atomic E-state index is 13.9. The van der Waals surface area contributed by atoms with Crippen LogP contribution in [0.3, 0.4) is 0 Å². The van der Waals surface area contributed by atoms with Crippen LogP contribution in [0, 0.1) is 24.4 Å². The third-order valence-electron chi connectivity index (χ3n) is 6.56. The number of nitrogens with zero attached hydrogens (tertiary/aromatic N) is 3. The van der Waals surface area contributed by atoms with Crippen molar-refractivity contribution in [3.8, 4) is 11.4 Å². The van der Waals surface area contributed by atoms with Crippen LogP contribution in [0.5, 0.6) is 5.75 Å². The van der Waals surface area contributed by atoms with Crippen LogP contribution in [0.4, 0.5) is 13.2 Å². The molecule has 3 heterocycles. The summed E-state index contributed by atoms with van der Waals surface area (Å²) in [7, 11) is 1.58. The number of hydrogen-bond acceptors (Lipinski definition) is 3. The maximum absolute atomic E-state index is 13.9. The highest BCUT2D eigenvalue weighted by Crippen LogP contribution is 2.38. The number of aryl methyl sites for hydroxylation is 1. The van der Waals surface area contributed by atoms with Crippen molar-refractivity contribution < 1.29 is 22.7 Å². The van der Waals surface area contributed by atoms with E-state index in [0.717, 1.165) is 29.1 Å². The molecule has 3 aromatic rings. The van der Waals surface area contributed by atoms with E-state index in [1.807, 2.05) is 48.0 Å². The third kappa shape index (κ3) is 4.24. The van der Waals surface area contributed by atoms with E-state index in [9.17, 15) is 18.0 Å². The van der Waals surface area contributed by atoms with Crippen LogP contribution in [0.2, 0.25) is 0 Å². The number of fused-ring (bicyclic) bond motifs is 1. The first-order valence-corrected chi connectivity index (χ1v) is 11.4. The van der Waals surface area contributed by atoms with Crippen molar-refractivity contribution in [2.45, 2.75) is 38.3 Å². The number of hydrogen-bond donors (Lipinski definition) is 0. The zero-order valence-electron chi connectivity index (χ0n) is 19.3. The highest BCUT2D eigenvalue weighted by Gasteiger charge is 2.38. The second-order valence-corrected chi connectivity index (χ2v) is 8.84. The summed E-state index contributed by atoms with van der Waals surface area (Å²) in [4.78, 5) is 19.5. The van der Waals surface area contributed by atoms with Gasteiger partial charge in [-0.1, -0.05) is 18.2 Å². The van der Waals surface area contributed by atoms with Crippen molar-refractivity contribution in [3.63, 3.8) is 0 Å². The molecule has 2 atom stereocenters. The molecule has 0 aliphatic carbocycles. The normalized spacial score (nSPS) is 20.9. The van der Waals surface area contributed by atoms with Crippen LogP contribution in [-0.4, -0.2) is 33.5 Å². The lowest BCUT2D eigenvalue weighted by atomic mass is 9.87. The largest absolute Gasteiger partial charge is 0.495 e. The summed E-state index contributed by atoms with van der Waals surface area (Å²) in [5.41, 5.74) is 3.31. The minimum Gasteiger partial charge on any atom is -0.495 e. The Kier molecular flexibility index (Phi) is 5.96. The summed E-state index contributed by atoms with van der Waals surface area (Å²) in [5, 5.41) is 0. The molecule has 35 heavy (non-hydrogen) atoms. The predicted molar refractivity (Wildman–Crippen MR) is 126 cm³/mol. The number of aromatic nitrogens is 2. The SMILES string of the molecule is COc1cc(C=C2CC[C@@H]3CC=CC(c4cc(F)c(F)c(F)c4)N3C2=O)ccc1-n1cnc(C)c1. The fraction of sp³-hybridized carbons (Fsp3) is 0.259. The molecule has 5 rings (SSSR count). The first-order chi connectivity index (χ1) is 16.9. The Morgan fingerprint density at radius 3 is 2.60 bits per heavy atom. The zero-order valence-corrected chi connectivity index (χ0v) is 19.3. The predicted octanol–water partition coefficient (Wildman–Crippen LogP) is 5.68. The Bertz CT molecular complexity index is 1340. The number of rotatable bonds is 4. The second-order valence-electron chi connectivity index (χ2n) is 8.84.